The summed E-state index contributed by atoms with van der Waals surface area (Å²) in [6.45, 7) is 2.86. The molecule has 0 bridgehead atoms. The summed E-state index contributed by atoms with van der Waals surface area (Å²) in [6.07, 6.45) is 4.72. The Bertz CT molecular complexity index is 160. The zero-order chi connectivity index (χ0) is 8.97. The Morgan fingerprint density at radius 2 is 2.50 bits per heavy atom. The van der Waals surface area contributed by atoms with Gasteiger partial charge in [0.25, 0.3) is 0 Å². The van der Waals surface area contributed by atoms with E-state index in [2.05, 4.69) is 11.2 Å². The minimum absolute atomic E-state index is 0.289. The van der Waals surface area contributed by atoms with Crippen LogP contribution < -0.4 is 5.73 Å². The Morgan fingerprint density at radius 3 is 3.08 bits per heavy atom. The van der Waals surface area contributed by atoms with Gasteiger partial charge in [0.05, 0.1) is 6.54 Å². The van der Waals surface area contributed by atoms with Gasteiger partial charge in [-0.25, -0.2) is 0 Å². The predicted octanol–water partition coefficient (Wildman–Crippen LogP) is 0.750. The molecular formula is C8H17N3S. The van der Waals surface area contributed by atoms with Crippen LogP contribution in [0, 0.1) is 5.41 Å². The van der Waals surface area contributed by atoms with Gasteiger partial charge in [-0.2, -0.15) is 11.8 Å². The van der Waals surface area contributed by atoms with Crippen molar-refractivity contribution < 1.29 is 0 Å². The van der Waals surface area contributed by atoms with Gasteiger partial charge in [-0.05, 0) is 25.6 Å². The van der Waals surface area contributed by atoms with Crippen molar-refractivity contribution in [3.05, 3.63) is 0 Å². The number of piperidine rings is 1. The van der Waals surface area contributed by atoms with E-state index in [4.69, 9.17) is 11.1 Å². The monoisotopic (exact) mass is 187 g/mol. The second-order valence-corrected chi connectivity index (χ2v) is 4.40. The predicted molar refractivity (Wildman–Crippen MR) is 54.9 cm³/mol. The lowest BCUT2D eigenvalue weighted by atomic mass is 10.1. The average molecular weight is 187 g/mol. The molecule has 3 N–H and O–H groups in total. The number of hydrogen-bond donors (Lipinski definition) is 2. The number of nitrogens with zero attached hydrogens (tertiary/aromatic N) is 1. The maximum Gasteiger partial charge on any atom is 0.105 e. The molecule has 0 saturated carbocycles. The van der Waals surface area contributed by atoms with Crippen LogP contribution in [0.3, 0.4) is 0 Å². The van der Waals surface area contributed by atoms with Gasteiger partial charge in [0, 0.05) is 11.8 Å². The molecule has 0 aliphatic carbocycles. The van der Waals surface area contributed by atoms with Crippen molar-refractivity contribution >= 4 is 17.6 Å². The van der Waals surface area contributed by atoms with E-state index in [1.807, 2.05) is 11.8 Å². The molecule has 1 unspecified atom stereocenters. The van der Waals surface area contributed by atoms with E-state index in [1.54, 1.807) is 0 Å². The lowest BCUT2D eigenvalue weighted by Gasteiger charge is -2.31. The summed E-state index contributed by atoms with van der Waals surface area (Å²) in [5, 5.41) is 7.93. The second kappa shape index (κ2) is 4.72. The summed E-state index contributed by atoms with van der Waals surface area (Å²) < 4.78 is 0. The molecule has 4 heteroatoms. The summed E-state index contributed by atoms with van der Waals surface area (Å²) in [6, 6.07) is 0. The largest absolute Gasteiger partial charge is 0.387 e. The van der Waals surface area contributed by atoms with E-state index in [0.717, 1.165) is 18.3 Å². The fourth-order valence-corrected chi connectivity index (χ4v) is 2.35. The SMILES string of the molecule is CSC1CCCN(CC(=N)N)C1. The van der Waals surface area contributed by atoms with E-state index in [1.165, 1.54) is 12.8 Å². The van der Waals surface area contributed by atoms with Gasteiger partial charge in [0.2, 0.25) is 0 Å². The van der Waals surface area contributed by atoms with Crippen LogP contribution >= 0.6 is 11.8 Å². The Hall–Kier alpha value is -0.220. The molecule has 3 nitrogen and oxygen atoms in total. The number of nitrogens with one attached hydrogen (secondary N) is 1. The van der Waals surface area contributed by atoms with Crippen molar-refractivity contribution in [3.63, 3.8) is 0 Å². The standard InChI is InChI=1S/C8H17N3S/c1-12-7-3-2-4-11(5-7)6-8(9)10/h7H,2-6H2,1H3,(H3,9,10). The molecule has 70 valence electrons. The Kier molecular flexibility index (Phi) is 3.88. The number of hydrogen-bond acceptors (Lipinski definition) is 3. The number of likely N-dealkylation sites (tertiary alicyclic amines) is 1. The summed E-state index contributed by atoms with van der Waals surface area (Å²) >= 11 is 1.92. The highest BCUT2D eigenvalue weighted by molar-refractivity contribution is 7.99. The Balaban J connectivity index is 2.30. The van der Waals surface area contributed by atoms with E-state index in [-0.39, 0.29) is 5.84 Å². The molecular weight excluding hydrogens is 170 g/mol. The summed E-state index contributed by atoms with van der Waals surface area (Å²) in [7, 11) is 0. The van der Waals surface area contributed by atoms with Crippen LogP contribution in [0.25, 0.3) is 0 Å². The smallest absolute Gasteiger partial charge is 0.105 e. The number of thioether (sulfide) groups is 1. The molecule has 0 amide bonds. The van der Waals surface area contributed by atoms with Gasteiger partial charge in [-0.1, -0.05) is 0 Å². The molecule has 12 heavy (non-hydrogen) atoms. The third kappa shape index (κ3) is 3.03. The van der Waals surface area contributed by atoms with Crippen molar-refractivity contribution in [1.29, 1.82) is 5.41 Å². The minimum atomic E-state index is 0.289. The van der Waals surface area contributed by atoms with Gasteiger partial charge in [-0.15, -0.1) is 0 Å². The molecule has 1 rings (SSSR count). The van der Waals surface area contributed by atoms with Crippen LogP contribution in [0.15, 0.2) is 0 Å². The molecule has 0 aromatic carbocycles. The molecule has 1 fully saturated rings. The molecule has 0 radical (unpaired) electrons. The lowest BCUT2D eigenvalue weighted by molar-refractivity contribution is 0.263. The highest BCUT2D eigenvalue weighted by atomic mass is 32.2. The molecule has 1 heterocycles. The molecule has 1 aliphatic rings. The van der Waals surface area contributed by atoms with E-state index in [0.29, 0.717) is 6.54 Å². The first-order valence-corrected chi connectivity index (χ1v) is 5.59. The molecule has 0 spiro atoms. The average Bonchev–Trinajstić information content (AvgIpc) is 2.03. The van der Waals surface area contributed by atoms with Gasteiger partial charge in [-0.3, -0.25) is 10.3 Å². The van der Waals surface area contributed by atoms with E-state index < -0.39 is 0 Å². The third-order valence-electron chi connectivity index (χ3n) is 2.19. The number of amidine groups is 1. The first kappa shape index (κ1) is 9.86. The first-order chi connectivity index (χ1) is 5.72. The summed E-state index contributed by atoms with van der Waals surface area (Å²) in [4.78, 5) is 2.27. The van der Waals surface area contributed by atoms with Crippen molar-refractivity contribution in [3.8, 4) is 0 Å². The topological polar surface area (TPSA) is 53.1 Å². The third-order valence-corrected chi connectivity index (χ3v) is 3.24. The van der Waals surface area contributed by atoms with E-state index >= 15 is 0 Å². The highest BCUT2D eigenvalue weighted by Gasteiger charge is 2.18. The lowest BCUT2D eigenvalue weighted by Crippen LogP contribution is -2.41. The molecule has 0 aromatic rings. The fourth-order valence-electron chi connectivity index (χ4n) is 1.59. The van der Waals surface area contributed by atoms with Crippen LogP contribution in [-0.2, 0) is 0 Å². The van der Waals surface area contributed by atoms with Crippen molar-refractivity contribution in [2.45, 2.75) is 18.1 Å². The Labute approximate surface area is 78.2 Å². The zero-order valence-corrected chi connectivity index (χ0v) is 8.36. The van der Waals surface area contributed by atoms with Gasteiger partial charge in [0.15, 0.2) is 0 Å². The van der Waals surface area contributed by atoms with E-state index in [9.17, 15) is 0 Å². The highest BCUT2D eigenvalue weighted by Crippen LogP contribution is 2.19. The molecule has 1 atom stereocenters. The quantitative estimate of drug-likeness (QED) is 0.506. The van der Waals surface area contributed by atoms with Gasteiger partial charge < -0.3 is 5.73 Å². The molecule has 1 saturated heterocycles. The molecule has 1 aliphatic heterocycles. The van der Waals surface area contributed by atoms with Crippen LogP contribution in [0.4, 0.5) is 0 Å². The summed E-state index contributed by atoms with van der Waals surface area (Å²) in [5.41, 5.74) is 5.35. The summed E-state index contributed by atoms with van der Waals surface area (Å²) in [5.74, 6) is 0.289. The van der Waals surface area contributed by atoms with Crippen molar-refractivity contribution in [2.75, 3.05) is 25.9 Å². The van der Waals surface area contributed by atoms with Gasteiger partial charge >= 0.3 is 0 Å². The number of nitrogens with two attached hydrogens (primary N) is 1. The minimum Gasteiger partial charge on any atom is -0.387 e. The van der Waals surface area contributed by atoms with Crippen molar-refractivity contribution in [1.82, 2.24) is 4.90 Å². The van der Waals surface area contributed by atoms with Crippen LogP contribution in [0.2, 0.25) is 0 Å². The van der Waals surface area contributed by atoms with Crippen LogP contribution in [-0.4, -0.2) is 41.9 Å². The van der Waals surface area contributed by atoms with Gasteiger partial charge in [0.1, 0.15) is 5.84 Å². The Morgan fingerprint density at radius 1 is 1.75 bits per heavy atom. The maximum absolute atomic E-state index is 7.18. The first-order valence-electron chi connectivity index (χ1n) is 4.30. The number of rotatable bonds is 3. The van der Waals surface area contributed by atoms with Crippen LogP contribution in [0.1, 0.15) is 12.8 Å². The van der Waals surface area contributed by atoms with Crippen LogP contribution in [0.5, 0.6) is 0 Å². The second-order valence-electron chi connectivity index (χ2n) is 3.26. The van der Waals surface area contributed by atoms with Crippen molar-refractivity contribution in [2.24, 2.45) is 5.73 Å². The maximum atomic E-state index is 7.18. The molecule has 0 aromatic heterocycles. The zero-order valence-electron chi connectivity index (χ0n) is 7.55. The fraction of sp³-hybridized carbons (Fsp3) is 0.875. The normalized spacial score (nSPS) is 25.6.